The van der Waals surface area contributed by atoms with Gasteiger partial charge in [-0.1, -0.05) is 104 Å². The Hall–Kier alpha value is -2.55. The lowest BCUT2D eigenvalue weighted by atomic mass is 10.2. The van der Waals surface area contributed by atoms with Crippen molar-refractivity contribution in [3.63, 3.8) is 0 Å². The van der Waals surface area contributed by atoms with Crippen molar-refractivity contribution in [2.45, 2.75) is 36.9 Å². The molecular formula is C33H33Cl3N3O9S6+3. The number of rotatable bonds is 18. The summed E-state index contributed by atoms with van der Waals surface area (Å²) in [5.41, 5.74) is 0.127. The number of ether oxygens (including phenoxy) is 3. The second-order valence-corrected chi connectivity index (χ2v) is 18.6. The fourth-order valence-corrected chi connectivity index (χ4v) is 9.52. The molecule has 4 rings (SSSR count). The molecule has 3 aromatic carbocycles. The zero-order valence-electron chi connectivity index (χ0n) is 28.0. The summed E-state index contributed by atoms with van der Waals surface area (Å²) in [6.07, 6.45) is 0. The molecule has 4 aromatic rings. The maximum atomic E-state index is 13.4. The van der Waals surface area contributed by atoms with E-state index in [1.54, 1.807) is 36.4 Å². The van der Waals surface area contributed by atoms with Crippen LogP contribution in [0.4, 0.5) is 0 Å². The van der Waals surface area contributed by atoms with E-state index in [0.717, 1.165) is 62.8 Å². The first-order chi connectivity index (χ1) is 26.0. The van der Waals surface area contributed by atoms with E-state index in [1.807, 2.05) is 36.4 Å². The highest BCUT2D eigenvalue weighted by Crippen LogP contribution is 2.29. The van der Waals surface area contributed by atoms with Gasteiger partial charge in [0.1, 0.15) is 0 Å². The second kappa shape index (κ2) is 23.5. The van der Waals surface area contributed by atoms with Gasteiger partial charge >= 0.3 is 33.0 Å². The lowest BCUT2D eigenvalue weighted by Gasteiger charge is -2.11. The van der Waals surface area contributed by atoms with E-state index in [0.29, 0.717) is 32.3 Å². The van der Waals surface area contributed by atoms with Gasteiger partial charge in [-0.05, 0) is 53.1 Å². The summed E-state index contributed by atoms with van der Waals surface area (Å²) < 4.78 is 18.4. The van der Waals surface area contributed by atoms with Crippen LogP contribution in [0.5, 0.6) is 0 Å². The number of carbonyl (C=O) groups excluding carboxylic acids is 3. The van der Waals surface area contributed by atoms with Gasteiger partial charge in [-0.15, -0.1) is 0 Å². The van der Waals surface area contributed by atoms with E-state index in [-0.39, 0.29) is 55.4 Å². The quantitative estimate of drug-likeness (QED) is 0.0425. The molecule has 0 aliphatic heterocycles. The van der Waals surface area contributed by atoms with Gasteiger partial charge < -0.3 is 28.6 Å². The van der Waals surface area contributed by atoms with Crippen LogP contribution in [0.25, 0.3) is 0 Å². The van der Waals surface area contributed by atoms with Crippen molar-refractivity contribution in [2.24, 2.45) is 0 Å². The Kier molecular flexibility index (Phi) is 19.2. The van der Waals surface area contributed by atoms with Crippen LogP contribution in [-0.4, -0.2) is 63.8 Å². The topological polar surface area (TPSA) is 158 Å². The van der Waals surface area contributed by atoms with Crippen LogP contribution in [0, 0.1) is 0 Å². The van der Waals surface area contributed by atoms with Crippen molar-refractivity contribution in [1.29, 1.82) is 0 Å². The molecule has 0 radical (unpaired) electrons. The van der Waals surface area contributed by atoms with Gasteiger partial charge in [-0.25, -0.2) is 28.1 Å². The number of benzene rings is 3. The molecule has 3 N–H and O–H groups in total. The smallest absolute Gasteiger partial charge is 0.329 e. The standard InChI is InChI=1S/C33H30Cl3N3O9S6/c34-25-7-1-22(2-8-25)19-49-52-31(43)46-16-13-37-28(40)38(14-17-47-32(44)53-50-20-23-3-9-26(35)10-4-23)30(42)39(29(37)41)15-18-48-33(45)54-51-21-24-5-11-27(36)12-6-24/h1-12H,13-21H2/p+3. The maximum Gasteiger partial charge on any atom is 0.561 e. The van der Waals surface area contributed by atoms with Crippen molar-refractivity contribution >= 4 is 115 Å². The molecule has 0 unspecified atom stereocenters. The van der Waals surface area contributed by atoms with Gasteiger partial charge in [0.05, 0.1) is 52.0 Å². The summed E-state index contributed by atoms with van der Waals surface area (Å²) >= 11 is 17.8. The van der Waals surface area contributed by atoms with Crippen LogP contribution in [0.1, 0.15) is 16.7 Å². The monoisotopic (exact) mass is 912 g/mol. The number of halogens is 3. The van der Waals surface area contributed by atoms with E-state index in [4.69, 9.17) is 49.0 Å². The summed E-state index contributed by atoms with van der Waals surface area (Å²) in [4.78, 5) is 70.9. The van der Waals surface area contributed by atoms with Crippen LogP contribution in [0.2, 0.25) is 15.1 Å². The van der Waals surface area contributed by atoms with Crippen LogP contribution in [0.3, 0.4) is 0 Å². The minimum Gasteiger partial charge on any atom is -0.329 e. The Balaban J connectivity index is 1.34. The number of nitrogens with zero attached hydrogens (tertiary/aromatic N) is 3. The Morgan fingerprint density at radius 2 is 0.704 bits per heavy atom. The number of aromatic nitrogens is 3. The first-order valence-electron chi connectivity index (χ1n) is 15.6. The molecule has 0 saturated carbocycles. The molecule has 1 aromatic heterocycles. The molecule has 0 bridgehead atoms. The van der Waals surface area contributed by atoms with Gasteiger partial charge in [0, 0.05) is 32.3 Å². The van der Waals surface area contributed by atoms with Gasteiger partial charge in [-0.3, -0.25) is 0 Å². The van der Waals surface area contributed by atoms with E-state index in [9.17, 15) is 28.8 Å². The van der Waals surface area contributed by atoms with E-state index in [1.165, 1.54) is 32.4 Å². The highest BCUT2D eigenvalue weighted by Gasteiger charge is 2.22. The average Bonchev–Trinajstić information content (AvgIpc) is 3.15. The van der Waals surface area contributed by atoms with Crippen molar-refractivity contribution < 1.29 is 28.6 Å². The van der Waals surface area contributed by atoms with Gasteiger partial charge in [0.2, 0.25) is 19.8 Å². The summed E-state index contributed by atoms with van der Waals surface area (Å²) in [7, 11) is 6.82. The highest BCUT2D eigenvalue weighted by atomic mass is 35.5. The van der Waals surface area contributed by atoms with E-state index in [2.05, 4.69) is 0 Å². The zero-order valence-corrected chi connectivity index (χ0v) is 35.2. The number of hydrogen-bond donors (Lipinski definition) is 0. The van der Waals surface area contributed by atoms with Crippen LogP contribution >= 0.6 is 99.6 Å². The largest absolute Gasteiger partial charge is 0.561 e. The lowest BCUT2D eigenvalue weighted by Crippen LogP contribution is -2.55. The maximum absolute atomic E-state index is 13.4. The Morgan fingerprint density at radius 3 is 0.944 bits per heavy atom. The molecule has 1 heterocycles. The van der Waals surface area contributed by atoms with Crippen molar-refractivity contribution in [3.05, 3.63) is 136 Å². The third-order valence-corrected chi connectivity index (χ3v) is 13.5. The summed E-state index contributed by atoms with van der Waals surface area (Å²) in [6, 6.07) is 21.7. The van der Waals surface area contributed by atoms with Crippen LogP contribution in [0.15, 0.2) is 87.2 Å². The lowest BCUT2D eigenvalue weighted by molar-refractivity contribution is 0.237. The first kappa shape index (κ1) is 44.2. The first-order valence-corrected chi connectivity index (χ1v) is 23.7. The van der Waals surface area contributed by atoms with Crippen LogP contribution in [-0.2, 0) is 51.1 Å². The molecule has 21 heteroatoms. The minimum absolute atomic E-state index is 0.271. The molecule has 288 valence electrons. The third-order valence-electron chi connectivity index (χ3n) is 6.81. The Bertz CT molecular complexity index is 1790. The van der Waals surface area contributed by atoms with Crippen molar-refractivity contribution in [2.75, 3.05) is 19.8 Å². The van der Waals surface area contributed by atoms with Gasteiger partial charge in [-0.2, -0.15) is 0 Å². The predicted molar refractivity (Wildman–Crippen MR) is 229 cm³/mol. The second-order valence-electron chi connectivity index (χ2n) is 10.6. The fourth-order valence-electron chi connectivity index (χ4n) is 4.19. The SMILES string of the molecule is O=c1n(CCOC(=[OH+])SSCc2ccc(Cl)cc2)c(=O)n(CCOC(=[OH+])SSCc2ccc(Cl)cc2)c(=O)n1CCOC(=[OH+])SSCc1ccc(Cl)cc1. The molecule has 0 amide bonds. The predicted octanol–water partition coefficient (Wildman–Crippen LogP) is 7.31. The molecule has 0 saturated heterocycles. The fraction of sp³-hybridized carbons (Fsp3) is 0.273. The molecule has 0 fully saturated rings. The highest BCUT2D eigenvalue weighted by molar-refractivity contribution is 8.82. The molecule has 0 aliphatic carbocycles. The summed E-state index contributed by atoms with van der Waals surface area (Å²) in [6.45, 7) is -1.74. The number of hydrogen-bond acceptors (Lipinski definition) is 12. The van der Waals surface area contributed by atoms with E-state index >= 15 is 0 Å². The van der Waals surface area contributed by atoms with E-state index < -0.39 is 17.1 Å². The minimum atomic E-state index is -0.938. The third kappa shape index (κ3) is 15.2. The molecule has 12 nitrogen and oxygen atoms in total. The van der Waals surface area contributed by atoms with Gasteiger partial charge in [0.25, 0.3) is 0 Å². The van der Waals surface area contributed by atoms with Crippen molar-refractivity contribution in [1.82, 2.24) is 13.7 Å². The van der Waals surface area contributed by atoms with Crippen molar-refractivity contribution in [3.8, 4) is 0 Å². The summed E-state index contributed by atoms with van der Waals surface area (Å²) in [5, 5.41) is 0.691. The summed E-state index contributed by atoms with van der Waals surface area (Å²) in [5.74, 6) is 1.65. The molecule has 0 spiro atoms. The Labute approximate surface area is 347 Å². The molecule has 0 aliphatic rings. The zero-order chi connectivity index (χ0) is 38.9. The van der Waals surface area contributed by atoms with Gasteiger partial charge in [0.15, 0.2) is 0 Å². The molecule has 0 atom stereocenters. The Morgan fingerprint density at radius 1 is 0.463 bits per heavy atom. The average molecular weight is 914 g/mol. The van der Waals surface area contributed by atoms with Crippen LogP contribution < -0.4 is 17.1 Å². The normalized spacial score (nSPS) is 10.9. The molecular weight excluding hydrogens is 881 g/mol. The molecule has 54 heavy (non-hydrogen) atoms.